The quantitative estimate of drug-likeness (QED) is 0.658. The van der Waals surface area contributed by atoms with E-state index in [0.717, 1.165) is 0 Å². The van der Waals surface area contributed by atoms with Crippen LogP contribution < -0.4 is 0 Å². The molecule has 0 radical (unpaired) electrons. The highest BCUT2D eigenvalue weighted by Gasteiger charge is 2.19. The van der Waals surface area contributed by atoms with Crippen LogP contribution in [-0.2, 0) is 9.53 Å². The van der Waals surface area contributed by atoms with Crippen molar-refractivity contribution < 1.29 is 9.53 Å². The molecule has 0 aromatic carbocycles. The van der Waals surface area contributed by atoms with Crippen LogP contribution in [0, 0.1) is 5.92 Å². The Morgan fingerprint density at radius 2 is 1.28 bits per heavy atom. The molecule has 0 N–H and O–H groups in total. The molecule has 1 aliphatic carbocycles. The van der Waals surface area contributed by atoms with Gasteiger partial charge in [-0.2, -0.15) is 0 Å². The highest BCUT2D eigenvalue weighted by molar-refractivity contribution is 5.66. The lowest BCUT2D eigenvalue weighted by Gasteiger charge is -2.24. The fourth-order valence-corrected chi connectivity index (χ4v) is 3.02. The molecule has 0 aromatic rings. The van der Waals surface area contributed by atoms with E-state index in [2.05, 4.69) is 6.92 Å². The summed E-state index contributed by atoms with van der Waals surface area (Å²) in [6.07, 6.45) is 14.9. The molecule has 1 rings (SSSR count). The lowest BCUT2D eigenvalue weighted by molar-refractivity contribution is -0.148. The Morgan fingerprint density at radius 1 is 0.889 bits per heavy atom. The molecule has 0 aromatic heterocycles. The third-order valence-electron chi connectivity index (χ3n) is 4.17. The number of rotatable bonds is 2. The minimum absolute atomic E-state index is 0.102. The first-order valence-electron chi connectivity index (χ1n) is 7.87. The molecule has 0 heterocycles. The zero-order chi connectivity index (χ0) is 13.2. The lowest BCUT2D eigenvalue weighted by Crippen LogP contribution is -2.23. The van der Waals surface area contributed by atoms with Crippen LogP contribution in [-0.4, -0.2) is 12.1 Å². The molecule has 0 spiro atoms. The first-order valence-corrected chi connectivity index (χ1v) is 7.87. The molecule has 18 heavy (non-hydrogen) atoms. The summed E-state index contributed by atoms with van der Waals surface area (Å²) >= 11 is 0. The number of hydrogen-bond acceptors (Lipinski definition) is 2. The van der Waals surface area contributed by atoms with Gasteiger partial charge in [0.15, 0.2) is 0 Å². The van der Waals surface area contributed by atoms with Gasteiger partial charge in [-0.3, -0.25) is 4.79 Å². The third-order valence-corrected chi connectivity index (χ3v) is 4.17. The topological polar surface area (TPSA) is 26.3 Å². The van der Waals surface area contributed by atoms with Crippen molar-refractivity contribution in [1.29, 1.82) is 0 Å². The Hall–Kier alpha value is -0.530. The summed E-state index contributed by atoms with van der Waals surface area (Å²) in [5.74, 6) is 0.446. The first-order chi connectivity index (χ1) is 8.70. The second kappa shape index (κ2) is 9.41. The molecule has 0 unspecified atom stereocenters. The Balaban J connectivity index is 2.37. The smallest absolute Gasteiger partial charge is 0.302 e. The van der Waals surface area contributed by atoms with Crippen LogP contribution in [0.15, 0.2) is 0 Å². The Kier molecular flexibility index (Phi) is 8.11. The molecule has 2 heteroatoms. The second-order valence-electron chi connectivity index (χ2n) is 5.83. The van der Waals surface area contributed by atoms with E-state index in [4.69, 9.17) is 4.74 Å². The van der Waals surface area contributed by atoms with Crippen LogP contribution in [0.1, 0.15) is 84.5 Å². The van der Waals surface area contributed by atoms with Crippen molar-refractivity contribution in [1.82, 2.24) is 0 Å². The van der Waals surface area contributed by atoms with Gasteiger partial charge >= 0.3 is 5.97 Å². The number of ether oxygens (including phenoxy) is 1. The summed E-state index contributed by atoms with van der Waals surface area (Å²) < 4.78 is 5.38. The van der Waals surface area contributed by atoms with Crippen LogP contribution in [0.3, 0.4) is 0 Å². The molecule has 1 aliphatic rings. The van der Waals surface area contributed by atoms with Gasteiger partial charge in [0.1, 0.15) is 6.10 Å². The van der Waals surface area contributed by atoms with E-state index in [1.165, 1.54) is 77.6 Å². The Bertz CT molecular complexity index is 213. The SMILES string of the molecule is CC(=O)O[C@@H](C)C1CCCCCCCCCCC1. The van der Waals surface area contributed by atoms with E-state index in [1.54, 1.807) is 0 Å². The molecule has 0 amide bonds. The summed E-state index contributed by atoms with van der Waals surface area (Å²) in [4.78, 5) is 11.1. The van der Waals surface area contributed by atoms with Crippen molar-refractivity contribution in [2.45, 2.75) is 90.6 Å². The largest absolute Gasteiger partial charge is 0.463 e. The van der Waals surface area contributed by atoms with Gasteiger partial charge in [0, 0.05) is 6.92 Å². The van der Waals surface area contributed by atoms with Crippen molar-refractivity contribution in [3.05, 3.63) is 0 Å². The van der Waals surface area contributed by atoms with Gasteiger partial charge in [-0.15, -0.1) is 0 Å². The molecular weight excluding hydrogens is 224 g/mol. The molecule has 1 atom stereocenters. The molecule has 0 bridgehead atoms. The molecular formula is C16H30O2. The van der Waals surface area contributed by atoms with Crippen LogP contribution in [0.4, 0.5) is 0 Å². The fourth-order valence-electron chi connectivity index (χ4n) is 3.02. The summed E-state index contributed by atoms with van der Waals surface area (Å²) in [7, 11) is 0. The number of esters is 1. The van der Waals surface area contributed by atoms with Crippen molar-refractivity contribution in [3.63, 3.8) is 0 Å². The van der Waals surface area contributed by atoms with Gasteiger partial charge in [-0.1, -0.05) is 57.8 Å². The van der Waals surface area contributed by atoms with Gasteiger partial charge in [0.25, 0.3) is 0 Å². The Morgan fingerprint density at radius 3 is 1.67 bits per heavy atom. The lowest BCUT2D eigenvalue weighted by atomic mass is 9.89. The number of carbonyl (C=O) groups excluding carboxylic acids is 1. The van der Waals surface area contributed by atoms with E-state index in [-0.39, 0.29) is 12.1 Å². The number of carbonyl (C=O) groups is 1. The molecule has 1 saturated carbocycles. The predicted molar refractivity (Wildman–Crippen MR) is 75.5 cm³/mol. The number of hydrogen-bond donors (Lipinski definition) is 0. The van der Waals surface area contributed by atoms with E-state index >= 15 is 0 Å². The average molecular weight is 254 g/mol. The summed E-state index contributed by atoms with van der Waals surface area (Å²) in [5.41, 5.74) is 0. The van der Waals surface area contributed by atoms with Crippen molar-refractivity contribution >= 4 is 5.97 Å². The van der Waals surface area contributed by atoms with Gasteiger partial charge < -0.3 is 4.74 Å². The standard InChI is InChI=1S/C16H30O2/c1-14(18-15(2)17)16-12-10-8-6-4-3-5-7-9-11-13-16/h14,16H,3-13H2,1-2H3/t14-/m0/s1. The zero-order valence-corrected chi connectivity index (χ0v) is 12.2. The molecule has 0 aliphatic heterocycles. The minimum Gasteiger partial charge on any atom is -0.463 e. The zero-order valence-electron chi connectivity index (χ0n) is 12.2. The van der Waals surface area contributed by atoms with Crippen molar-refractivity contribution in [2.75, 3.05) is 0 Å². The predicted octanol–water partition coefficient (Wildman–Crippen LogP) is 4.86. The fraction of sp³-hybridized carbons (Fsp3) is 0.938. The highest BCUT2D eigenvalue weighted by Crippen LogP contribution is 2.25. The molecule has 2 nitrogen and oxygen atoms in total. The summed E-state index contributed by atoms with van der Waals surface area (Å²) in [6, 6.07) is 0. The maximum absolute atomic E-state index is 11.1. The summed E-state index contributed by atoms with van der Waals surface area (Å²) in [5, 5.41) is 0. The average Bonchev–Trinajstić information content (AvgIpc) is 2.28. The van der Waals surface area contributed by atoms with E-state index in [0.29, 0.717) is 5.92 Å². The van der Waals surface area contributed by atoms with Crippen LogP contribution >= 0.6 is 0 Å². The summed E-state index contributed by atoms with van der Waals surface area (Å²) in [6.45, 7) is 3.59. The van der Waals surface area contributed by atoms with Crippen LogP contribution in [0.2, 0.25) is 0 Å². The monoisotopic (exact) mass is 254 g/mol. The maximum atomic E-state index is 11.1. The molecule has 1 fully saturated rings. The maximum Gasteiger partial charge on any atom is 0.302 e. The van der Waals surface area contributed by atoms with Crippen LogP contribution in [0.5, 0.6) is 0 Å². The van der Waals surface area contributed by atoms with Gasteiger partial charge in [0.05, 0.1) is 0 Å². The minimum atomic E-state index is -0.131. The van der Waals surface area contributed by atoms with E-state index < -0.39 is 0 Å². The van der Waals surface area contributed by atoms with Crippen LogP contribution in [0.25, 0.3) is 0 Å². The second-order valence-corrected chi connectivity index (χ2v) is 5.83. The van der Waals surface area contributed by atoms with Gasteiger partial charge in [0.2, 0.25) is 0 Å². The van der Waals surface area contributed by atoms with Crippen molar-refractivity contribution in [2.24, 2.45) is 5.92 Å². The van der Waals surface area contributed by atoms with Gasteiger partial charge in [-0.05, 0) is 25.7 Å². The molecule has 106 valence electrons. The Labute approximate surface area is 112 Å². The van der Waals surface area contributed by atoms with Crippen molar-refractivity contribution in [3.8, 4) is 0 Å². The highest BCUT2D eigenvalue weighted by atomic mass is 16.5. The molecule has 0 saturated heterocycles. The van der Waals surface area contributed by atoms with Gasteiger partial charge in [-0.25, -0.2) is 0 Å². The first kappa shape index (κ1) is 15.5. The van der Waals surface area contributed by atoms with E-state index in [9.17, 15) is 4.79 Å². The van der Waals surface area contributed by atoms with E-state index in [1.807, 2.05) is 0 Å². The third kappa shape index (κ3) is 7.03. The normalized spacial score (nSPS) is 22.6.